The molecule has 1 atom stereocenters. The normalized spacial score (nSPS) is 21.2. The first-order valence-electron chi connectivity index (χ1n) is 6.72. The van der Waals surface area contributed by atoms with Gasteiger partial charge in [-0.05, 0) is 18.8 Å². The summed E-state index contributed by atoms with van der Waals surface area (Å²) in [5.41, 5.74) is 2.58. The van der Waals surface area contributed by atoms with E-state index in [0.29, 0.717) is 11.8 Å². The minimum atomic E-state index is 0.624. The van der Waals surface area contributed by atoms with Crippen molar-refractivity contribution >= 4 is 0 Å². The van der Waals surface area contributed by atoms with Crippen LogP contribution in [0.15, 0.2) is 24.6 Å². The molecule has 1 heterocycles. The summed E-state index contributed by atoms with van der Waals surface area (Å²) in [6, 6.07) is 0. The van der Waals surface area contributed by atoms with E-state index in [-0.39, 0.29) is 0 Å². The Kier molecular flexibility index (Phi) is 5.11. The van der Waals surface area contributed by atoms with Gasteiger partial charge in [-0.3, -0.25) is 0 Å². The smallest absolute Gasteiger partial charge is 0.0224 e. The maximum Gasteiger partial charge on any atom is 0.0224 e. The number of hydrogen-bond donors (Lipinski definition) is 0. The van der Waals surface area contributed by atoms with E-state index >= 15 is 0 Å². The van der Waals surface area contributed by atoms with Crippen LogP contribution in [-0.2, 0) is 0 Å². The molecule has 0 radical (unpaired) electrons. The van der Waals surface area contributed by atoms with Crippen LogP contribution in [0, 0.1) is 11.8 Å². The van der Waals surface area contributed by atoms with Gasteiger partial charge >= 0.3 is 0 Å². The van der Waals surface area contributed by atoms with Crippen molar-refractivity contribution in [2.45, 2.75) is 52.9 Å². The van der Waals surface area contributed by atoms with Crippen LogP contribution in [0.2, 0.25) is 0 Å². The second kappa shape index (κ2) is 6.12. The Morgan fingerprint density at radius 1 is 1.25 bits per heavy atom. The van der Waals surface area contributed by atoms with Crippen LogP contribution in [-0.4, -0.2) is 11.4 Å². The average Bonchev–Trinajstić information content (AvgIpc) is 2.51. The van der Waals surface area contributed by atoms with Crippen molar-refractivity contribution in [2.24, 2.45) is 11.8 Å². The van der Waals surface area contributed by atoms with Gasteiger partial charge in [0.2, 0.25) is 0 Å². The van der Waals surface area contributed by atoms with E-state index in [1.54, 1.807) is 0 Å². The number of allylic oxidation sites excluding steroid dienone is 2. The summed E-state index contributed by atoms with van der Waals surface area (Å²) in [4.78, 5) is 2.36. The zero-order valence-corrected chi connectivity index (χ0v) is 11.3. The van der Waals surface area contributed by atoms with Crippen molar-refractivity contribution in [2.75, 3.05) is 6.54 Å². The van der Waals surface area contributed by atoms with Crippen molar-refractivity contribution in [3.63, 3.8) is 0 Å². The predicted octanol–water partition coefficient (Wildman–Crippen LogP) is 4.57. The summed E-state index contributed by atoms with van der Waals surface area (Å²) in [6.07, 6.45) is 6.37. The molecule has 1 aliphatic heterocycles. The highest BCUT2D eigenvalue weighted by molar-refractivity contribution is 5.20. The van der Waals surface area contributed by atoms with E-state index in [1.807, 2.05) is 0 Å². The van der Waals surface area contributed by atoms with Crippen LogP contribution in [0.3, 0.4) is 0 Å². The van der Waals surface area contributed by atoms with Gasteiger partial charge in [-0.25, -0.2) is 0 Å². The second-order valence-corrected chi connectivity index (χ2v) is 5.32. The molecule has 0 N–H and O–H groups in total. The first-order valence-corrected chi connectivity index (χ1v) is 6.72. The molecule has 0 amide bonds. The minimum absolute atomic E-state index is 0.624. The van der Waals surface area contributed by atoms with Crippen LogP contribution in [0.1, 0.15) is 52.9 Å². The molecule has 0 aromatic carbocycles. The van der Waals surface area contributed by atoms with Crippen LogP contribution in [0.4, 0.5) is 0 Å². The fourth-order valence-corrected chi connectivity index (χ4v) is 2.50. The average molecular weight is 221 g/mol. The van der Waals surface area contributed by atoms with Crippen LogP contribution in [0.25, 0.3) is 0 Å². The predicted molar refractivity (Wildman–Crippen MR) is 72.1 cm³/mol. The highest BCUT2D eigenvalue weighted by Crippen LogP contribution is 2.38. The van der Waals surface area contributed by atoms with Crippen molar-refractivity contribution in [1.82, 2.24) is 4.90 Å². The van der Waals surface area contributed by atoms with Gasteiger partial charge < -0.3 is 4.90 Å². The highest BCUT2D eigenvalue weighted by atomic mass is 15.2. The molecule has 1 aliphatic rings. The Labute approximate surface area is 101 Å². The van der Waals surface area contributed by atoms with Crippen molar-refractivity contribution in [1.29, 1.82) is 0 Å². The molecule has 92 valence electrons. The molecular formula is C15H27N. The Bertz CT molecular complexity index is 252. The highest BCUT2D eigenvalue weighted by Gasteiger charge is 2.30. The molecule has 0 saturated carbocycles. The van der Waals surface area contributed by atoms with E-state index in [2.05, 4.69) is 38.8 Å². The third-order valence-electron chi connectivity index (χ3n) is 3.65. The number of nitrogens with zero attached hydrogens (tertiary/aromatic N) is 1. The summed E-state index contributed by atoms with van der Waals surface area (Å²) >= 11 is 0. The number of unbranched alkanes of at least 4 members (excludes halogenated alkanes) is 3. The van der Waals surface area contributed by atoms with Crippen LogP contribution >= 0.6 is 0 Å². The zero-order chi connectivity index (χ0) is 12.1. The molecule has 1 fully saturated rings. The lowest BCUT2D eigenvalue weighted by Crippen LogP contribution is -2.19. The molecule has 0 bridgehead atoms. The van der Waals surface area contributed by atoms with Gasteiger partial charge in [0.15, 0.2) is 0 Å². The van der Waals surface area contributed by atoms with E-state index in [4.69, 9.17) is 0 Å². The van der Waals surface area contributed by atoms with E-state index in [9.17, 15) is 0 Å². The lowest BCUT2D eigenvalue weighted by atomic mass is 9.92. The molecule has 1 nitrogen and oxygen atoms in total. The standard InChI is InChI=1S/C15H27N/c1-6-7-8-9-10-16-13(4)11-15(12(2)3)14(16)5/h12,15H,4-11H2,1-3H3. The molecule has 16 heavy (non-hydrogen) atoms. The SMILES string of the molecule is C=C1CC(C(C)C)C(=C)N1CCCCCC. The quantitative estimate of drug-likeness (QED) is 0.594. The third-order valence-corrected chi connectivity index (χ3v) is 3.65. The number of rotatable bonds is 6. The monoisotopic (exact) mass is 221 g/mol. The molecule has 0 aromatic rings. The molecule has 1 saturated heterocycles. The van der Waals surface area contributed by atoms with Gasteiger partial charge in [0.25, 0.3) is 0 Å². The first kappa shape index (κ1) is 13.3. The second-order valence-electron chi connectivity index (χ2n) is 5.32. The Morgan fingerprint density at radius 3 is 2.44 bits per heavy atom. The van der Waals surface area contributed by atoms with E-state index < -0.39 is 0 Å². The fraction of sp³-hybridized carbons (Fsp3) is 0.733. The summed E-state index contributed by atoms with van der Waals surface area (Å²) in [6.45, 7) is 16.4. The van der Waals surface area contributed by atoms with Crippen molar-refractivity contribution in [3.8, 4) is 0 Å². The Hall–Kier alpha value is -0.720. The number of hydrogen-bond acceptors (Lipinski definition) is 1. The fourth-order valence-electron chi connectivity index (χ4n) is 2.50. The summed E-state index contributed by atoms with van der Waals surface area (Å²) < 4.78 is 0. The van der Waals surface area contributed by atoms with Gasteiger partial charge in [0.1, 0.15) is 0 Å². The first-order chi connectivity index (χ1) is 7.57. The van der Waals surface area contributed by atoms with Gasteiger partial charge in [0.05, 0.1) is 0 Å². The van der Waals surface area contributed by atoms with Crippen LogP contribution in [0.5, 0.6) is 0 Å². The Morgan fingerprint density at radius 2 is 1.94 bits per heavy atom. The minimum Gasteiger partial charge on any atom is -0.349 e. The molecule has 0 aliphatic carbocycles. The van der Waals surface area contributed by atoms with Gasteiger partial charge in [-0.2, -0.15) is 0 Å². The topological polar surface area (TPSA) is 3.24 Å². The lowest BCUT2D eigenvalue weighted by Gasteiger charge is -2.23. The largest absolute Gasteiger partial charge is 0.349 e. The van der Waals surface area contributed by atoms with E-state index in [1.165, 1.54) is 37.1 Å². The summed E-state index contributed by atoms with van der Waals surface area (Å²) in [5, 5.41) is 0. The van der Waals surface area contributed by atoms with Gasteiger partial charge in [0, 0.05) is 23.9 Å². The van der Waals surface area contributed by atoms with Gasteiger partial charge in [-0.15, -0.1) is 0 Å². The lowest BCUT2D eigenvalue weighted by molar-refractivity contribution is 0.395. The van der Waals surface area contributed by atoms with E-state index in [0.717, 1.165) is 13.0 Å². The summed E-state index contributed by atoms with van der Waals surface area (Å²) in [7, 11) is 0. The number of likely N-dealkylation sites (tertiary alicyclic amines) is 1. The maximum atomic E-state index is 4.25. The molecule has 1 rings (SSSR count). The van der Waals surface area contributed by atoms with Crippen LogP contribution < -0.4 is 0 Å². The Balaban J connectivity index is 2.42. The molecule has 1 heteroatoms. The molecule has 1 unspecified atom stereocenters. The molecule has 0 spiro atoms. The van der Waals surface area contributed by atoms with Crippen molar-refractivity contribution < 1.29 is 0 Å². The molecule has 0 aromatic heterocycles. The third kappa shape index (κ3) is 3.13. The molecular weight excluding hydrogens is 194 g/mol. The maximum absolute atomic E-state index is 4.25. The summed E-state index contributed by atoms with van der Waals surface area (Å²) in [5.74, 6) is 1.31. The van der Waals surface area contributed by atoms with Crippen molar-refractivity contribution in [3.05, 3.63) is 24.6 Å². The zero-order valence-electron chi connectivity index (χ0n) is 11.3. The van der Waals surface area contributed by atoms with Gasteiger partial charge in [-0.1, -0.05) is 53.2 Å².